The highest BCUT2D eigenvalue weighted by atomic mass is 32.2. The number of aliphatic imine (C=N–C) groups is 1. The predicted octanol–water partition coefficient (Wildman–Crippen LogP) is 4.98. The molecule has 0 unspecified atom stereocenters. The van der Waals surface area contributed by atoms with Crippen molar-refractivity contribution in [1.82, 2.24) is 15.1 Å². The number of sulfonamides is 1. The topological polar surface area (TPSA) is 87.5 Å². The van der Waals surface area contributed by atoms with Crippen molar-refractivity contribution in [1.29, 1.82) is 0 Å². The third kappa shape index (κ3) is 7.10. The first kappa shape index (κ1) is 25.8. The molecular weight excluding hydrogens is 467 g/mol. The Morgan fingerprint density at radius 1 is 1.24 bits per heavy atom. The molecular formula is C23H28F3N5O2S. The van der Waals surface area contributed by atoms with E-state index in [1.54, 1.807) is 13.0 Å². The van der Waals surface area contributed by atoms with E-state index in [2.05, 4.69) is 44.7 Å². The molecule has 2 heterocycles. The Kier molecular flexibility index (Phi) is 7.77. The molecule has 0 spiro atoms. The highest BCUT2D eigenvalue weighted by Crippen LogP contribution is 2.36. The van der Waals surface area contributed by atoms with Gasteiger partial charge in [0.05, 0.1) is 23.2 Å². The molecule has 1 fully saturated rings. The normalized spacial score (nSPS) is 16.5. The van der Waals surface area contributed by atoms with Gasteiger partial charge in [-0.1, -0.05) is 17.7 Å². The van der Waals surface area contributed by atoms with Crippen molar-refractivity contribution in [2.45, 2.75) is 39.8 Å². The van der Waals surface area contributed by atoms with E-state index in [9.17, 15) is 21.6 Å². The van der Waals surface area contributed by atoms with Crippen LogP contribution >= 0.6 is 0 Å². The SMILES string of the molecule is CC(C)=CCN1CCCC(=Nc2cc(C)c(-c3ccc(C(F)(F)F)cc3NS(C)(=O)=O)nn2)C1. The zero-order valence-corrected chi connectivity index (χ0v) is 20.4. The van der Waals surface area contributed by atoms with Crippen LogP contribution in [0.5, 0.6) is 0 Å². The molecule has 0 amide bonds. The lowest BCUT2D eigenvalue weighted by atomic mass is 10.0. The summed E-state index contributed by atoms with van der Waals surface area (Å²) in [4.78, 5) is 6.94. The molecule has 7 nitrogen and oxygen atoms in total. The van der Waals surface area contributed by atoms with Crippen LogP contribution in [0, 0.1) is 6.92 Å². The van der Waals surface area contributed by atoms with Crippen molar-refractivity contribution in [3.63, 3.8) is 0 Å². The number of likely N-dealkylation sites (tertiary alicyclic amines) is 1. The number of alkyl halides is 3. The van der Waals surface area contributed by atoms with Crippen molar-refractivity contribution in [3.05, 3.63) is 47.0 Å². The number of halogens is 3. The molecule has 0 aliphatic carbocycles. The Hall–Kier alpha value is -2.79. The van der Waals surface area contributed by atoms with Crippen LogP contribution in [0.15, 0.2) is 40.9 Å². The first-order valence-corrected chi connectivity index (χ1v) is 12.7. The van der Waals surface area contributed by atoms with Crippen molar-refractivity contribution in [3.8, 4) is 11.3 Å². The number of nitrogens with zero attached hydrogens (tertiary/aromatic N) is 4. The maximum Gasteiger partial charge on any atom is 0.416 e. The fourth-order valence-corrected chi connectivity index (χ4v) is 4.22. The summed E-state index contributed by atoms with van der Waals surface area (Å²) in [6.07, 6.45) is 0.279. The highest BCUT2D eigenvalue weighted by molar-refractivity contribution is 7.92. The molecule has 34 heavy (non-hydrogen) atoms. The third-order valence-corrected chi connectivity index (χ3v) is 5.84. The van der Waals surface area contributed by atoms with Crippen LogP contribution < -0.4 is 4.72 Å². The molecule has 0 saturated carbocycles. The maximum atomic E-state index is 13.2. The van der Waals surface area contributed by atoms with Crippen LogP contribution in [0.4, 0.5) is 24.7 Å². The Balaban J connectivity index is 1.91. The van der Waals surface area contributed by atoms with Gasteiger partial charge in [-0.25, -0.2) is 13.4 Å². The van der Waals surface area contributed by atoms with E-state index in [-0.39, 0.29) is 16.9 Å². The number of piperidine rings is 1. The van der Waals surface area contributed by atoms with Gasteiger partial charge in [-0.2, -0.15) is 13.2 Å². The zero-order valence-electron chi connectivity index (χ0n) is 19.6. The summed E-state index contributed by atoms with van der Waals surface area (Å²) in [5.74, 6) is 0.407. The molecule has 1 saturated heterocycles. The molecule has 1 N–H and O–H groups in total. The number of aryl methyl sites for hydroxylation is 1. The largest absolute Gasteiger partial charge is 0.416 e. The summed E-state index contributed by atoms with van der Waals surface area (Å²) in [6.45, 7) is 8.44. The van der Waals surface area contributed by atoms with E-state index in [0.29, 0.717) is 11.4 Å². The van der Waals surface area contributed by atoms with Crippen molar-refractivity contribution in [2.24, 2.45) is 4.99 Å². The van der Waals surface area contributed by atoms with E-state index in [1.807, 2.05) is 0 Å². The molecule has 1 aliphatic rings. The molecule has 0 bridgehead atoms. The van der Waals surface area contributed by atoms with Gasteiger partial charge in [-0.05, 0) is 63.9 Å². The van der Waals surface area contributed by atoms with E-state index in [1.165, 1.54) is 11.6 Å². The average molecular weight is 496 g/mol. The van der Waals surface area contributed by atoms with Gasteiger partial charge in [0.1, 0.15) is 0 Å². The monoisotopic (exact) mass is 495 g/mol. The maximum absolute atomic E-state index is 13.2. The Morgan fingerprint density at radius 2 is 1.97 bits per heavy atom. The lowest BCUT2D eigenvalue weighted by Crippen LogP contribution is -2.35. The molecule has 1 aliphatic heterocycles. The van der Waals surface area contributed by atoms with Crippen molar-refractivity contribution < 1.29 is 21.6 Å². The minimum absolute atomic E-state index is 0.202. The predicted molar refractivity (Wildman–Crippen MR) is 128 cm³/mol. The van der Waals surface area contributed by atoms with Gasteiger partial charge in [0.15, 0.2) is 5.82 Å². The fourth-order valence-electron chi connectivity index (χ4n) is 3.65. The molecule has 11 heteroatoms. The summed E-state index contributed by atoms with van der Waals surface area (Å²) in [5.41, 5.74) is 2.16. The Bertz CT molecular complexity index is 1220. The minimum atomic E-state index is -4.62. The lowest BCUT2D eigenvalue weighted by Gasteiger charge is -2.26. The van der Waals surface area contributed by atoms with Gasteiger partial charge >= 0.3 is 6.18 Å². The smallest absolute Gasteiger partial charge is 0.294 e. The summed E-state index contributed by atoms with van der Waals surface area (Å²) in [5, 5.41) is 8.33. The van der Waals surface area contributed by atoms with E-state index in [4.69, 9.17) is 0 Å². The molecule has 184 valence electrons. The fraction of sp³-hybridized carbons (Fsp3) is 0.435. The minimum Gasteiger partial charge on any atom is -0.294 e. The summed E-state index contributed by atoms with van der Waals surface area (Å²) >= 11 is 0. The Morgan fingerprint density at radius 3 is 2.59 bits per heavy atom. The van der Waals surface area contributed by atoms with Crippen LogP contribution in [0.25, 0.3) is 11.3 Å². The molecule has 0 radical (unpaired) electrons. The van der Waals surface area contributed by atoms with Gasteiger partial charge in [0.2, 0.25) is 10.0 Å². The number of rotatable bonds is 6. The van der Waals surface area contributed by atoms with Gasteiger partial charge in [0.25, 0.3) is 0 Å². The van der Waals surface area contributed by atoms with Crippen LogP contribution in [-0.2, 0) is 16.2 Å². The summed E-state index contributed by atoms with van der Waals surface area (Å²) in [7, 11) is -3.82. The first-order chi connectivity index (χ1) is 15.8. The average Bonchev–Trinajstić information content (AvgIpc) is 2.71. The molecule has 2 aromatic rings. The Labute approximate surface area is 197 Å². The second-order valence-corrected chi connectivity index (χ2v) is 10.4. The van der Waals surface area contributed by atoms with Crippen molar-refractivity contribution in [2.75, 3.05) is 30.6 Å². The van der Waals surface area contributed by atoms with Crippen LogP contribution in [0.1, 0.15) is 37.8 Å². The zero-order chi connectivity index (χ0) is 25.1. The van der Waals surface area contributed by atoms with E-state index >= 15 is 0 Å². The molecule has 1 aromatic heterocycles. The summed E-state index contributed by atoms with van der Waals surface area (Å²) in [6, 6.07) is 4.54. The lowest BCUT2D eigenvalue weighted by molar-refractivity contribution is -0.137. The second-order valence-electron chi connectivity index (χ2n) is 8.66. The number of nitrogens with one attached hydrogen (secondary N) is 1. The first-order valence-electron chi connectivity index (χ1n) is 10.8. The van der Waals surface area contributed by atoms with Gasteiger partial charge in [-0.15, -0.1) is 10.2 Å². The quantitative estimate of drug-likeness (QED) is 0.572. The number of anilines is 1. The molecule has 3 rings (SSSR count). The van der Waals surface area contributed by atoms with Gasteiger partial charge < -0.3 is 0 Å². The third-order valence-electron chi connectivity index (χ3n) is 5.25. The van der Waals surface area contributed by atoms with E-state index in [0.717, 1.165) is 56.6 Å². The van der Waals surface area contributed by atoms with Gasteiger partial charge in [-0.3, -0.25) is 9.62 Å². The van der Waals surface area contributed by atoms with Crippen LogP contribution in [0.3, 0.4) is 0 Å². The standard InChI is InChI=1S/C23H28F3N5O2S/c1-15(2)9-11-31-10-5-6-18(14-31)27-21-12-16(3)22(29-28-21)19-8-7-17(23(24,25)26)13-20(19)30-34(4,32)33/h7-9,12-13,30H,5-6,10-11,14H2,1-4H3. The number of benzene rings is 1. The van der Waals surface area contributed by atoms with Crippen molar-refractivity contribution >= 4 is 27.2 Å². The number of hydrogen-bond donors (Lipinski definition) is 1. The highest BCUT2D eigenvalue weighted by Gasteiger charge is 2.31. The van der Waals surface area contributed by atoms with Crippen LogP contribution in [-0.4, -0.2) is 55.1 Å². The summed E-state index contributed by atoms with van der Waals surface area (Å²) < 4.78 is 65.2. The molecule has 0 atom stereocenters. The number of aromatic nitrogens is 2. The van der Waals surface area contributed by atoms with Gasteiger partial charge in [0, 0.05) is 24.4 Å². The molecule has 1 aromatic carbocycles. The van der Waals surface area contributed by atoms with Crippen LogP contribution in [0.2, 0.25) is 0 Å². The second kappa shape index (κ2) is 10.2. The number of hydrogen-bond acceptors (Lipinski definition) is 6. The van der Waals surface area contributed by atoms with E-state index < -0.39 is 21.8 Å². The number of allylic oxidation sites excluding steroid dienone is 1.